The summed E-state index contributed by atoms with van der Waals surface area (Å²) in [7, 11) is 1.65. The van der Waals surface area contributed by atoms with E-state index in [4.69, 9.17) is 21.3 Å². The highest BCUT2D eigenvalue weighted by Gasteiger charge is 2.45. The summed E-state index contributed by atoms with van der Waals surface area (Å²) in [6.45, 7) is 7.22. The summed E-state index contributed by atoms with van der Waals surface area (Å²) in [5.41, 5.74) is 3.00. The SMILES string of the molecule is COCC1=NC2=C(CN(C(=O)C3CCN(c4ccncn4)C3)C2)C(C)C1(C)Cl. The van der Waals surface area contributed by atoms with E-state index in [9.17, 15) is 4.79 Å². The molecule has 28 heavy (non-hydrogen) atoms. The van der Waals surface area contributed by atoms with Crippen LogP contribution in [0.1, 0.15) is 20.3 Å². The average molecular weight is 404 g/mol. The summed E-state index contributed by atoms with van der Waals surface area (Å²) in [4.78, 5) is 29.7. The average Bonchev–Trinajstić information content (AvgIpc) is 3.34. The summed E-state index contributed by atoms with van der Waals surface area (Å²) < 4.78 is 5.29. The van der Waals surface area contributed by atoms with Crippen molar-refractivity contribution in [1.29, 1.82) is 0 Å². The number of hydrogen-bond donors (Lipinski definition) is 0. The molecule has 1 aromatic rings. The van der Waals surface area contributed by atoms with Crippen molar-refractivity contribution in [1.82, 2.24) is 14.9 Å². The molecular formula is C20H26ClN5O2. The van der Waals surface area contributed by atoms with Gasteiger partial charge in [0.2, 0.25) is 5.91 Å². The van der Waals surface area contributed by atoms with Crippen LogP contribution in [0, 0.1) is 11.8 Å². The molecule has 0 bridgehead atoms. The van der Waals surface area contributed by atoms with Crippen molar-refractivity contribution in [2.24, 2.45) is 16.8 Å². The number of hydrogen-bond acceptors (Lipinski definition) is 6. The lowest BCUT2D eigenvalue weighted by Gasteiger charge is -2.35. The summed E-state index contributed by atoms with van der Waals surface area (Å²) in [5, 5.41) is 0. The second-order valence-electron chi connectivity index (χ2n) is 7.95. The van der Waals surface area contributed by atoms with E-state index in [1.807, 2.05) is 17.9 Å². The van der Waals surface area contributed by atoms with E-state index in [-0.39, 0.29) is 17.7 Å². The molecule has 3 unspecified atom stereocenters. The van der Waals surface area contributed by atoms with Crippen LogP contribution >= 0.6 is 11.6 Å². The minimum absolute atomic E-state index is 0.0172. The highest BCUT2D eigenvalue weighted by Crippen LogP contribution is 2.41. The summed E-state index contributed by atoms with van der Waals surface area (Å²) in [5.74, 6) is 1.17. The highest BCUT2D eigenvalue weighted by atomic mass is 35.5. The Labute approximate surface area is 170 Å². The largest absolute Gasteiger partial charge is 0.379 e. The number of anilines is 1. The number of aliphatic imine (C=N–C) groups is 1. The lowest BCUT2D eigenvalue weighted by atomic mass is 9.82. The van der Waals surface area contributed by atoms with E-state index >= 15 is 0 Å². The van der Waals surface area contributed by atoms with Crippen LogP contribution in [0.4, 0.5) is 5.82 Å². The van der Waals surface area contributed by atoms with Crippen molar-refractivity contribution in [3.63, 3.8) is 0 Å². The Morgan fingerprint density at radius 3 is 2.96 bits per heavy atom. The Kier molecular flexibility index (Phi) is 5.14. The van der Waals surface area contributed by atoms with E-state index in [0.29, 0.717) is 26.2 Å². The molecule has 0 spiro atoms. The third kappa shape index (κ3) is 3.31. The molecule has 1 saturated heterocycles. The van der Waals surface area contributed by atoms with Gasteiger partial charge in [0.25, 0.3) is 0 Å². The van der Waals surface area contributed by atoms with Gasteiger partial charge in [0.15, 0.2) is 0 Å². The van der Waals surface area contributed by atoms with Gasteiger partial charge >= 0.3 is 0 Å². The fraction of sp³-hybridized carbons (Fsp3) is 0.600. The van der Waals surface area contributed by atoms with Crippen LogP contribution in [0.3, 0.4) is 0 Å². The standard InChI is InChI=1S/C20H26ClN5O2/c1-13-15-9-26(10-16(15)24-17(11-28-3)20(13,2)21)19(27)14-5-7-25(8-14)18-4-6-22-12-23-18/h4,6,12-14H,5,7-11H2,1-3H3. The Morgan fingerprint density at radius 2 is 2.25 bits per heavy atom. The van der Waals surface area contributed by atoms with Crippen LogP contribution < -0.4 is 4.90 Å². The van der Waals surface area contributed by atoms with Gasteiger partial charge in [-0.25, -0.2) is 9.97 Å². The van der Waals surface area contributed by atoms with E-state index < -0.39 is 4.87 Å². The van der Waals surface area contributed by atoms with Gasteiger partial charge in [0, 0.05) is 38.9 Å². The number of ether oxygens (including phenoxy) is 1. The minimum atomic E-state index is -0.578. The second-order valence-corrected chi connectivity index (χ2v) is 8.74. The number of carbonyl (C=O) groups is 1. The van der Waals surface area contributed by atoms with Crippen LogP contribution in [0.2, 0.25) is 0 Å². The van der Waals surface area contributed by atoms with Crippen molar-refractivity contribution >= 4 is 29.0 Å². The Hall–Kier alpha value is -1.99. The molecule has 0 saturated carbocycles. The van der Waals surface area contributed by atoms with Gasteiger partial charge in [0.1, 0.15) is 12.1 Å². The molecule has 4 heterocycles. The second kappa shape index (κ2) is 7.44. The maximum absolute atomic E-state index is 13.2. The number of aromatic nitrogens is 2. The number of rotatable bonds is 4. The molecule has 0 radical (unpaired) electrons. The molecule has 0 N–H and O–H groups in total. The zero-order chi connectivity index (χ0) is 19.9. The molecule has 4 rings (SSSR count). The molecule has 1 fully saturated rings. The number of methoxy groups -OCH3 is 1. The minimum Gasteiger partial charge on any atom is -0.379 e. The van der Waals surface area contributed by atoms with Crippen molar-refractivity contribution in [3.05, 3.63) is 29.9 Å². The number of nitrogens with zero attached hydrogens (tertiary/aromatic N) is 5. The van der Waals surface area contributed by atoms with Gasteiger partial charge in [-0.15, -0.1) is 11.6 Å². The van der Waals surface area contributed by atoms with Gasteiger partial charge in [-0.3, -0.25) is 9.79 Å². The summed E-state index contributed by atoms with van der Waals surface area (Å²) >= 11 is 6.81. The third-order valence-corrected chi connectivity index (χ3v) is 6.81. The molecule has 1 amide bonds. The van der Waals surface area contributed by atoms with Crippen molar-refractivity contribution < 1.29 is 9.53 Å². The molecule has 3 aliphatic heterocycles. The maximum Gasteiger partial charge on any atom is 0.228 e. The fourth-order valence-corrected chi connectivity index (χ4v) is 4.57. The van der Waals surface area contributed by atoms with E-state index in [2.05, 4.69) is 21.8 Å². The lowest BCUT2D eigenvalue weighted by Crippen LogP contribution is -2.42. The first-order valence-corrected chi connectivity index (χ1v) is 10.1. The lowest BCUT2D eigenvalue weighted by molar-refractivity contribution is -0.133. The van der Waals surface area contributed by atoms with Crippen LogP contribution in [0.25, 0.3) is 0 Å². The van der Waals surface area contributed by atoms with Gasteiger partial charge in [-0.05, 0) is 25.0 Å². The Balaban J connectivity index is 1.45. The van der Waals surface area contributed by atoms with Gasteiger partial charge in [-0.1, -0.05) is 6.92 Å². The summed E-state index contributed by atoms with van der Waals surface area (Å²) in [6, 6.07) is 1.89. The molecular weight excluding hydrogens is 378 g/mol. The predicted octanol–water partition coefficient (Wildman–Crippen LogP) is 2.13. The Morgan fingerprint density at radius 1 is 1.43 bits per heavy atom. The number of halogens is 1. The monoisotopic (exact) mass is 403 g/mol. The number of amides is 1. The van der Waals surface area contributed by atoms with E-state index in [1.54, 1.807) is 19.6 Å². The van der Waals surface area contributed by atoms with Gasteiger partial charge in [-0.2, -0.15) is 0 Å². The summed E-state index contributed by atoms with van der Waals surface area (Å²) in [6.07, 6.45) is 4.12. The zero-order valence-corrected chi connectivity index (χ0v) is 17.3. The highest BCUT2D eigenvalue weighted by molar-refractivity contribution is 6.37. The van der Waals surface area contributed by atoms with Crippen molar-refractivity contribution in [2.75, 3.05) is 44.8 Å². The molecule has 3 aliphatic rings. The topological polar surface area (TPSA) is 70.9 Å². The van der Waals surface area contributed by atoms with Crippen molar-refractivity contribution in [2.45, 2.75) is 25.1 Å². The van der Waals surface area contributed by atoms with E-state index in [1.165, 1.54) is 5.57 Å². The predicted molar refractivity (Wildman–Crippen MR) is 109 cm³/mol. The molecule has 3 atom stereocenters. The van der Waals surface area contributed by atoms with Gasteiger partial charge < -0.3 is 14.5 Å². The van der Waals surface area contributed by atoms with Crippen LogP contribution in [-0.2, 0) is 9.53 Å². The third-order valence-electron chi connectivity index (χ3n) is 6.26. The molecule has 1 aromatic heterocycles. The van der Waals surface area contributed by atoms with Crippen LogP contribution in [0.5, 0.6) is 0 Å². The number of carbonyl (C=O) groups excluding carboxylic acids is 1. The normalized spacial score (nSPS) is 29.9. The van der Waals surface area contributed by atoms with Crippen molar-refractivity contribution in [3.8, 4) is 0 Å². The zero-order valence-electron chi connectivity index (χ0n) is 16.6. The number of alkyl halides is 1. The first kappa shape index (κ1) is 19.3. The van der Waals surface area contributed by atoms with E-state index in [0.717, 1.165) is 30.2 Å². The Bertz CT molecular complexity index is 823. The first-order chi connectivity index (χ1) is 13.4. The molecule has 150 valence electrons. The molecule has 0 aromatic carbocycles. The van der Waals surface area contributed by atoms with Gasteiger partial charge in [0.05, 0.1) is 35.4 Å². The maximum atomic E-state index is 13.2. The first-order valence-electron chi connectivity index (χ1n) is 9.69. The molecule has 0 aliphatic carbocycles. The van der Waals surface area contributed by atoms with Crippen LogP contribution in [0.15, 0.2) is 34.9 Å². The van der Waals surface area contributed by atoms with Crippen LogP contribution in [-0.4, -0.2) is 71.3 Å². The smallest absolute Gasteiger partial charge is 0.228 e. The fourth-order valence-electron chi connectivity index (χ4n) is 4.34. The quantitative estimate of drug-likeness (QED) is 0.720. The molecule has 7 nitrogen and oxygen atoms in total. The molecule has 8 heteroatoms.